The van der Waals surface area contributed by atoms with Gasteiger partial charge in [-0.15, -0.1) is 0 Å². The number of piperidine rings is 1. The van der Waals surface area contributed by atoms with Crippen LogP contribution in [0.15, 0.2) is 12.2 Å². The molecule has 1 amide bonds. The lowest BCUT2D eigenvalue weighted by atomic mass is 10.0. The van der Waals surface area contributed by atoms with Crippen LogP contribution in [0.5, 0.6) is 0 Å². The first-order valence-corrected chi connectivity index (χ1v) is 5.67. The van der Waals surface area contributed by atoms with Crippen LogP contribution in [0.3, 0.4) is 0 Å². The summed E-state index contributed by atoms with van der Waals surface area (Å²) in [6.07, 6.45) is 1.90. The van der Waals surface area contributed by atoms with Crippen molar-refractivity contribution >= 4 is 18.5 Å². The summed E-state index contributed by atoms with van der Waals surface area (Å²) in [5.41, 5.74) is 1.26. The van der Waals surface area contributed by atoms with Crippen LogP contribution < -0.4 is 0 Å². The highest BCUT2D eigenvalue weighted by Crippen LogP contribution is 2.18. The van der Waals surface area contributed by atoms with Gasteiger partial charge in [0.15, 0.2) is 0 Å². The van der Waals surface area contributed by atoms with Crippen LogP contribution in [-0.2, 0) is 4.79 Å². The normalized spacial score (nSPS) is 20.0. The third kappa shape index (κ3) is 2.77. The van der Waals surface area contributed by atoms with Crippen LogP contribution >= 0.6 is 12.6 Å². The molecule has 14 heavy (non-hydrogen) atoms. The average molecular weight is 213 g/mol. The van der Waals surface area contributed by atoms with E-state index in [0.29, 0.717) is 5.92 Å². The van der Waals surface area contributed by atoms with Crippen molar-refractivity contribution in [2.45, 2.75) is 31.9 Å². The van der Waals surface area contributed by atoms with Crippen LogP contribution in [0.4, 0.5) is 0 Å². The largest absolute Gasteiger partial charge is 0.341 e. The molecule has 1 heterocycles. The van der Waals surface area contributed by atoms with Gasteiger partial charge in [0.1, 0.15) is 0 Å². The maximum atomic E-state index is 11.9. The number of hydrogen-bond acceptors (Lipinski definition) is 2. The molecule has 0 N–H and O–H groups in total. The molecule has 0 aliphatic carbocycles. The molecule has 1 atom stereocenters. The lowest BCUT2D eigenvalue weighted by Crippen LogP contribution is -2.42. The Hall–Kier alpha value is -0.440. The molecule has 1 fully saturated rings. The standard InChI is InChI=1S/C11H19NOS/c1-8(2)10(14)11(13)12-6-4-9(3)5-7-12/h8,10,14H,3-7H2,1-2H3. The molecule has 0 saturated carbocycles. The molecular formula is C11H19NOS. The molecule has 0 spiro atoms. The van der Waals surface area contributed by atoms with E-state index in [1.807, 2.05) is 18.7 Å². The van der Waals surface area contributed by atoms with Gasteiger partial charge in [0, 0.05) is 13.1 Å². The fraction of sp³-hybridized carbons (Fsp3) is 0.727. The van der Waals surface area contributed by atoms with E-state index < -0.39 is 0 Å². The third-order valence-corrected chi connectivity index (χ3v) is 3.48. The van der Waals surface area contributed by atoms with Gasteiger partial charge in [0.2, 0.25) is 5.91 Å². The molecule has 1 saturated heterocycles. The van der Waals surface area contributed by atoms with E-state index in [0.717, 1.165) is 25.9 Å². The third-order valence-electron chi connectivity index (χ3n) is 2.67. The van der Waals surface area contributed by atoms with Gasteiger partial charge in [-0.3, -0.25) is 4.79 Å². The number of amides is 1. The summed E-state index contributed by atoms with van der Waals surface area (Å²) in [5, 5.41) is -0.152. The van der Waals surface area contributed by atoms with Gasteiger partial charge in [-0.1, -0.05) is 26.0 Å². The molecule has 0 aromatic carbocycles. The molecule has 0 aromatic rings. The minimum Gasteiger partial charge on any atom is -0.341 e. The first-order valence-electron chi connectivity index (χ1n) is 5.16. The maximum absolute atomic E-state index is 11.9. The second-order valence-electron chi connectivity index (χ2n) is 4.26. The number of carbonyl (C=O) groups is 1. The smallest absolute Gasteiger partial charge is 0.235 e. The van der Waals surface area contributed by atoms with Crippen LogP contribution in [0.25, 0.3) is 0 Å². The highest BCUT2D eigenvalue weighted by atomic mass is 32.1. The Kier molecular flexibility index (Phi) is 4.05. The molecule has 1 aliphatic heterocycles. The zero-order valence-corrected chi connectivity index (χ0v) is 9.89. The number of hydrogen-bond donors (Lipinski definition) is 1. The highest BCUT2D eigenvalue weighted by Gasteiger charge is 2.25. The van der Waals surface area contributed by atoms with Crippen molar-refractivity contribution < 1.29 is 4.79 Å². The summed E-state index contributed by atoms with van der Waals surface area (Å²) in [7, 11) is 0. The van der Waals surface area contributed by atoms with E-state index in [1.165, 1.54) is 5.57 Å². The molecule has 0 radical (unpaired) electrons. The topological polar surface area (TPSA) is 20.3 Å². The average Bonchev–Trinajstić information content (AvgIpc) is 2.16. The quantitative estimate of drug-likeness (QED) is 0.550. The summed E-state index contributed by atoms with van der Waals surface area (Å²) in [6, 6.07) is 0. The van der Waals surface area contributed by atoms with E-state index in [4.69, 9.17) is 0 Å². The monoisotopic (exact) mass is 213 g/mol. The molecule has 2 nitrogen and oxygen atoms in total. The Bertz CT molecular complexity index is 227. The van der Waals surface area contributed by atoms with Crippen LogP contribution in [0.2, 0.25) is 0 Å². The summed E-state index contributed by atoms with van der Waals surface area (Å²) < 4.78 is 0. The number of rotatable bonds is 2. The second kappa shape index (κ2) is 4.87. The summed E-state index contributed by atoms with van der Waals surface area (Å²) >= 11 is 4.34. The Labute approximate surface area is 91.8 Å². The summed E-state index contributed by atoms with van der Waals surface area (Å²) in [6.45, 7) is 9.63. The van der Waals surface area contributed by atoms with Crippen molar-refractivity contribution in [2.75, 3.05) is 13.1 Å². The number of likely N-dealkylation sites (tertiary alicyclic amines) is 1. The van der Waals surface area contributed by atoms with Crippen molar-refractivity contribution in [2.24, 2.45) is 5.92 Å². The van der Waals surface area contributed by atoms with Crippen molar-refractivity contribution in [3.63, 3.8) is 0 Å². The minimum absolute atomic E-state index is 0.152. The van der Waals surface area contributed by atoms with E-state index >= 15 is 0 Å². The van der Waals surface area contributed by atoms with Gasteiger partial charge in [-0.05, 0) is 18.8 Å². The van der Waals surface area contributed by atoms with Gasteiger partial charge >= 0.3 is 0 Å². The van der Waals surface area contributed by atoms with Gasteiger partial charge in [-0.2, -0.15) is 12.6 Å². The van der Waals surface area contributed by atoms with Gasteiger partial charge in [0.05, 0.1) is 5.25 Å². The Morgan fingerprint density at radius 1 is 1.43 bits per heavy atom. The molecule has 0 bridgehead atoms. The Balaban J connectivity index is 2.49. The predicted octanol–water partition coefficient (Wildman–Crippen LogP) is 2.12. The number of carbonyl (C=O) groups excluding carboxylic acids is 1. The molecule has 1 rings (SSSR count). The number of thiol groups is 1. The first kappa shape index (κ1) is 11.6. The van der Waals surface area contributed by atoms with Crippen LogP contribution in [0, 0.1) is 5.92 Å². The molecular weight excluding hydrogens is 194 g/mol. The SMILES string of the molecule is C=C1CCN(C(=O)C(S)C(C)C)CC1. The molecule has 1 unspecified atom stereocenters. The van der Waals surface area contributed by atoms with Crippen molar-refractivity contribution in [1.29, 1.82) is 0 Å². The van der Waals surface area contributed by atoms with Gasteiger partial charge in [-0.25, -0.2) is 0 Å². The fourth-order valence-electron chi connectivity index (χ4n) is 1.52. The minimum atomic E-state index is -0.152. The predicted molar refractivity (Wildman–Crippen MR) is 62.6 cm³/mol. The van der Waals surface area contributed by atoms with E-state index in [2.05, 4.69) is 19.2 Å². The second-order valence-corrected chi connectivity index (χ2v) is 4.82. The molecule has 0 aromatic heterocycles. The first-order chi connectivity index (χ1) is 6.52. The zero-order valence-electron chi connectivity index (χ0n) is 8.99. The van der Waals surface area contributed by atoms with Crippen LogP contribution in [0.1, 0.15) is 26.7 Å². The maximum Gasteiger partial charge on any atom is 0.235 e. The molecule has 3 heteroatoms. The van der Waals surface area contributed by atoms with E-state index in [1.54, 1.807) is 0 Å². The summed E-state index contributed by atoms with van der Waals surface area (Å²) in [5.74, 6) is 0.479. The van der Waals surface area contributed by atoms with Crippen molar-refractivity contribution in [1.82, 2.24) is 4.90 Å². The molecule has 1 aliphatic rings. The highest BCUT2D eigenvalue weighted by molar-refractivity contribution is 7.81. The van der Waals surface area contributed by atoms with Gasteiger partial charge < -0.3 is 4.90 Å². The molecule has 80 valence electrons. The lowest BCUT2D eigenvalue weighted by Gasteiger charge is -2.31. The number of nitrogens with zero attached hydrogens (tertiary/aromatic N) is 1. The van der Waals surface area contributed by atoms with Crippen LogP contribution in [-0.4, -0.2) is 29.1 Å². The van der Waals surface area contributed by atoms with E-state index in [9.17, 15) is 4.79 Å². The Morgan fingerprint density at radius 2 is 1.93 bits per heavy atom. The zero-order chi connectivity index (χ0) is 10.7. The Morgan fingerprint density at radius 3 is 2.36 bits per heavy atom. The van der Waals surface area contributed by atoms with Crippen molar-refractivity contribution in [3.8, 4) is 0 Å². The van der Waals surface area contributed by atoms with Crippen molar-refractivity contribution in [3.05, 3.63) is 12.2 Å². The summed E-state index contributed by atoms with van der Waals surface area (Å²) in [4.78, 5) is 13.8. The lowest BCUT2D eigenvalue weighted by molar-refractivity contribution is -0.131. The fourth-order valence-corrected chi connectivity index (χ4v) is 1.68. The van der Waals surface area contributed by atoms with Gasteiger partial charge in [0.25, 0.3) is 0 Å². The van der Waals surface area contributed by atoms with E-state index in [-0.39, 0.29) is 11.2 Å².